The van der Waals surface area contributed by atoms with Gasteiger partial charge < -0.3 is 9.57 Å². The van der Waals surface area contributed by atoms with Crippen molar-refractivity contribution in [2.24, 2.45) is 5.16 Å². The van der Waals surface area contributed by atoms with Crippen molar-refractivity contribution in [1.29, 1.82) is 0 Å². The average Bonchev–Trinajstić information content (AvgIpc) is 2.55. The second-order valence-corrected chi connectivity index (χ2v) is 4.50. The molecule has 0 aliphatic rings. The molecule has 0 fully saturated rings. The fourth-order valence-electron chi connectivity index (χ4n) is 1.87. The molecule has 0 bridgehead atoms. The number of methoxy groups -OCH3 is 1. The second kappa shape index (κ2) is 7.78. The summed E-state index contributed by atoms with van der Waals surface area (Å²) in [5, 5.41) is 3.90. The summed E-state index contributed by atoms with van der Waals surface area (Å²) in [6, 6.07) is 17.1. The number of hydrogen-bond donors (Lipinski definition) is 0. The van der Waals surface area contributed by atoms with Crippen molar-refractivity contribution in [2.75, 3.05) is 7.11 Å². The molecule has 112 valence electrons. The Kier molecular flexibility index (Phi) is 5.49. The van der Waals surface area contributed by atoms with E-state index in [9.17, 15) is 4.79 Å². The SMILES string of the molecule is COc1ccccc1C=CC(=NOC(C)=O)c1ccccc1. The Labute approximate surface area is 129 Å². The Bertz CT molecular complexity index is 690. The van der Waals surface area contributed by atoms with Gasteiger partial charge in [0.1, 0.15) is 11.5 Å². The summed E-state index contributed by atoms with van der Waals surface area (Å²) in [5.74, 6) is 0.303. The lowest BCUT2D eigenvalue weighted by Crippen LogP contribution is -2.01. The van der Waals surface area contributed by atoms with Gasteiger partial charge in [0.15, 0.2) is 0 Å². The predicted octanol–water partition coefficient (Wildman–Crippen LogP) is 3.68. The number of carbonyl (C=O) groups excluding carboxylic acids is 1. The van der Waals surface area contributed by atoms with Crippen LogP contribution in [0.25, 0.3) is 6.08 Å². The summed E-state index contributed by atoms with van der Waals surface area (Å²) in [7, 11) is 1.62. The third kappa shape index (κ3) is 4.31. The number of carbonyl (C=O) groups is 1. The minimum atomic E-state index is -0.459. The molecule has 0 N–H and O–H groups in total. The molecule has 0 aromatic heterocycles. The summed E-state index contributed by atoms with van der Waals surface area (Å²) in [5.41, 5.74) is 2.33. The van der Waals surface area contributed by atoms with Gasteiger partial charge in [0, 0.05) is 18.1 Å². The molecule has 0 unspecified atom stereocenters. The zero-order chi connectivity index (χ0) is 15.8. The molecule has 4 nitrogen and oxygen atoms in total. The molecule has 0 radical (unpaired) electrons. The Hall–Kier alpha value is -2.88. The molecule has 4 heteroatoms. The van der Waals surface area contributed by atoms with Gasteiger partial charge in [-0.25, -0.2) is 4.79 Å². The van der Waals surface area contributed by atoms with Crippen LogP contribution in [0.15, 0.2) is 65.8 Å². The monoisotopic (exact) mass is 295 g/mol. The first-order valence-electron chi connectivity index (χ1n) is 6.83. The van der Waals surface area contributed by atoms with Crippen molar-refractivity contribution in [3.8, 4) is 5.75 Å². The number of benzene rings is 2. The first kappa shape index (κ1) is 15.5. The standard InChI is InChI=1S/C18H17NO3/c1-14(20)22-19-17(15-8-4-3-5-9-15)13-12-16-10-6-7-11-18(16)21-2/h3-13H,1-2H3. The van der Waals surface area contributed by atoms with E-state index in [4.69, 9.17) is 9.57 Å². The number of nitrogens with zero attached hydrogens (tertiary/aromatic N) is 1. The minimum absolute atomic E-state index is 0.459. The number of oxime groups is 1. The van der Waals surface area contributed by atoms with Crippen molar-refractivity contribution in [3.05, 3.63) is 71.8 Å². The van der Waals surface area contributed by atoms with E-state index in [-0.39, 0.29) is 0 Å². The first-order chi connectivity index (χ1) is 10.7. The first-order valence-corrected chi connectivity index (χ1v) is 6.83. The summed E-state index contributed by atoms with van der Waals surface area (Å²) in [6.07, 6.45) is 3.66. The summed E-state index contributed by atoms with van der Waals surface area (Å²) >= 11 is 0. The average molecular weight is 295 g/mol. The molecular formula is C18H17NO3. The van der Waals surface area contributed by atoms with E-state index in [0.717, 1.165) is 16.9 Å². The van der Waals surface area contributed by atoms with Crippen molar-refractivity contribution < 1.29 is 14.4 Å². The maximum absolute atomic E-state index is 11.0. The van der Waals surface area contributed by atoms with Gasteiger partial charge >= 0.3 is 5.97 Å². The van der Waals surface area contributed by atoms with E-state index in [1.165, 1.54) is 6.92 Å². The number of ether oxygens (including phenoxy) is 1. The highest BCUT2D eigenvalue weighted by Gasteiger charge is 2.03. The van der Waals surface area contributed by atoms with E-state index < -0.39 is 5.97 Å². The van der Waals surface area contributed by atoms with Crippen LogP contribution in [0.3, 0.4) is 0 Å². The largest absolute Gasteiger partial charge is 0.496 e. The van der Waals surface area contributed by atoms with Gasteiger partial charge in [0.05, 0.1) is 7.11 Å². The van der Waals surface area contributed by atoms with Crippen LogP contribution < -0.4 is 4.74 Å². The number of hydrogen-bond acceptors (Lipinski definition) is 4. The highest BCUT2D eigenvalue weighted by atomic mass is 16.7. The smallest absolute Gasteiger partial charge is 0.332 e. The number of rotatable bonds is 5. The maximum Gasteiger partial charge on any atom is 0.332 e. The number of para-hydroxylation sites is 1. The molecule has 22 heavy (non-hydrogen) atoms. The van der Waals surface area contributed by atoms with Gasteiger partial charge in [-0.2, -0.15) is 0 Å². The summed E-state index contributed by atoms with van der Waals surface area (Å²) < 4.78 is 5.31. The van der Waals surface area contributed by atoms with Crippen LogP contribution in [0.2, 0.25) is 0 Å². The highest BCUT2D eigenvalue weighted by Crippen LogP contribution is 2.19. The second-order valence-electron chi connectivity index (χ2n) is 4.50. The van der Waals surface area contributed by atoms with Gasteiger partial charge in [-0.15, -0.1) is 0 Å². The van der Waals surface area contributed by atoms with Gasteiger partial charge in [-0.1, -0.05) is 53.7 Å². The van der Waals surface area contributed by atoms with Crippen LogP contribution >= 0.6 is 0 Å². The predicted molar refractivity (Wildman–Crippen MR) is 86.8 cm³/mol. The van der Waals surface area contributed by atoms with E-state index in [0.29, 0.717) is 5.71 Å². The molecule has 2 aromatic carbocycles. The Morgan fingerprint density at radius 3 is 2.41 bits per heavy atom. The summed E-state index contributed by atoms with van der Waals surface area (Å²) in [4.78, 5) is 15.8. The quantitative estimate of drug-likeness (QED) is 0.480. The third-order valence-electron chi connectivity index (χ3n) is 2.90. The van der Waals surface area contributed by atoms with E-state index in [1.807, 2.05) is 60.7 Å². The Morgan fingerprint density at radius 2 is 1.73 bits per heavy atom. The summed E-state index contributed by atoms with van der Waals surface area (Å²) in [6.45, 7) is 1.32. The molecule has 0 saturated carbocycles. The fourth-order valence-corrected chi connectivity index (χ4v) is 1.87. The minimum Gasteiger partial charge on any atom is -0.496 e. The topological polar surface area (TPSA) is 47.9 Å². The van der Waals surface area contributed by atoms with Crippen LogP contribution in [0.4, 0.5) is 0 Å². The van der Waals surface area contributed by atoms with Crippen LogP contribution in [-0.4, -0.2) is 18.8 Å². The maximum atomic E-state index is 11.0. The molecule has 0 atom stereocenters. The Balaban J connectivity index is 2.32. The molecule has 0 aliphatic carbocycles. The lowest BCUT2D eigenvalue weighted by molar-refractivity contribution is -0.140. The molecule has 0 amide bonds. The molecular weight excluding hydrogens is 278 g/mol. The Morgan fingerprint density at radius 1 is 1.05 bits per heavy atom. The van der Waals surface area contributed by atoms with Crippen molar-refractivity contribution in [2.45, 2.75) is 6.92 Å². The number of allylic oxidation sites excluding steroid dienone is 1. The zero-order valence-corrected chi connectivity index (χ0v) is 12.5. The van der Waals surface area contributed by atoms with E-state index in [1.54, 1.807) is 13.2 Å². The molecule has 2 rings (SSSR count). The van der Waals surface area contributed by atoms with Crippen molar-refractivity contribution in [1.82, 2.24) is 0 Å². The van der Waals surface area contributed by atoms with Crippen LogP contribution in [0.5, 0.6) is 5.75 Å². The highest BCUT2D eigenvalue weighted by molar-refractivity contribution is 6.10. The van der Waals surface area contributed by atoms with Gasteiger partial charge in [0.25, 0.3) is 0 Å². The molecule has 0 saturated heterocycles. The van der Waals surface area contributed by atoms with Gasteiger partial charge in [0.2, 0.25) is 0 Å². The molecule has 0 aliphatic heterocycles. The van der Waals surface area contributed by atoms with Crippen LogP contribution in [-0.2, 0) is 9.63 Å². The fraction of sp³-hybridized carbons (Fsp3) is 0.111. The molecule has 0 heterocycles. The molecule has 0 spiro atoms. The van der Waals surface area contributed by atoms with Crippen LogP contribution in [0.1, 0.15) is 18.1 Å². The van der Waals surface area contributed by atoms with Crippen molar-refractivity contribution in [3.63, 3.8) is 0 Å². The lowest BCUT2D eigenvalue weighted by atomic mass is 10.1. The van der Waals surface area contributed by atoms with Gasteiger partial charge in [-0.05, 0) is 18.2 Å². The lowest BCUT2D eigenvalue weighted by Gasteiger charge is -2.04. The van der Waals surface area contributed by atoms with E-state index >= 15 is 0 Å². The van der Waals surface area contributed by atoms with E-state index in [2.05, 4.69) is 5.16 Å². The normalized spacial score (nSPS) is 11.5. The van der Waals surface area contributed by atoms with Gasteiger partial charge in [-0.3, -0.25) is 0 Å². The van der Waals surface area contributed by atoms with Crippen LogP contribution in [0, 0.1) is 0 Å². The third-order valence-corrected chi connectivity index (χ3v) is 2.90. The molecule has 2 aromatic rings. The zero-order valence-electron chi connectivity index (χ0n) is 12.5. The van der Waals surface area contributed by atoms with Crippen molar-refractivity contribution >= 4 is 17.8 Å².